The first-order valence-corrected chi connectivity index (χ1v) is 14.0. The summed E-state index contributed by atoms with van der Waals surface area (Å²) >= 11 is 0. The van der Waals surface area contributed by atoms with Crippen LogP contribution in [0.25, 0.3) is 11.0 Å². The number of imidazole rings is 1. The van der Waals surface area contributed by atoms with Gasteiger partial charge >= 0.3 is 12.1 Å². The van der Waals surface area contributed by atoms with E-state index in [1.165, 1.54) is 42.2 Å². The number of aromatic nitrogens is 2. The fourth-order valence-corrected chi connectivity index (χ4v) is 4.52. The minimum absolute atomic E-state index is 0.0421. The molecule has 3 N–H and O–H groups in total. The molecule has 0 bridgehead atoms. The van der Waals surface area contributed by atoms with Crippen molar-refractivity contribution < 1.29 is 33.8 Å². The lowest BCUT2D eigenvalue weighted by atomic mass is 10.0. The Balaban J connectivity index is 1.98. The maximum Gasteiger partial charge on any atom is 0.407 e. The van der Waals surface area contributed by atoms with Crippen molar-refractivity contribution in [3.63, 3.8) is 0 Å². The molecular formula is C31H39N5O7. The number of alkyl carbamates (subject to hydrolysis) is 1. The Morgan fingerprint density at radius 3 is 2.30 bits per heavy atom. The summed E-state index contributed by atoms with van der Waals surface area (Å²) in [5.74, 6) is -2.18. The highest BCUT2D eigenvalue weighted by Gasteiger charge is 2.25. The smallest absolute Gasteiger partial charge is 0.407 e. The van der Waals surface area contributed by atoms with Gasteiger partial charge in [0.2, 0.25) is 5.95 Å². The van der Waals surface area contributed by atoms with Gasteiger partial charge in [0.15, 0.2) is 5.78 Å². The van der Waals surface area contributed by atoms with Crippen LogP contribution in [0.5, 0.6) is 0 Å². The number of rotatable bonds is 11. The molecule has 1 atom stereocenters. The van der Waals surface area contributed by atoms with Crippen LogP contribution < -0.4 is 10.6 Å². The summed E-state index contributed by atoms with van der Waals surface area (Å²) in [6.45, 7) is 9.09. The molecule has 12 nitrogen and oxygen atoms in total. The molecule has 3 aromatic rings. The van der Waals surface area contributed by atoms with E-state index in [9.17, 15) is 29.1 Å². The second kappa shape index (κ2) is 13.5. The van der Waals surface area contributed by atoms with Crippen LogP contribution in [0, 0.1) is 0 Å². The number of carbonyl (C=O) groups is 5. The molecule has 3 rings (SSSR count). The van der Waals surface area contributed by atoms with Crippen molar-refractivity contribution in [3.05, 3.63) is 58.7 Å². The van der Waals surface area contributed by atoms with Crippen molar-refractivity contribution >= 4 is 46.6 Å². The van der Waals surface area contributed by atoms with Gasteiger partial charge in [-0.1, -0.05) is 6.07 Å². The maximum absolute atomic E-state index is 13.3. The van der Waals surface area contributed by atoms with Crippen LogP contribution in [0.15, 0.2) is 36.4 Å². The molecule has 3 amide bonds. The Kier molecular flexibility index (Phi) is 10.3. The summed E-state index contributed by atoms with van der Waals surface area (Å²) in [4.78, 5) is 68.3. The largest absolute Gasteiger partial charge is 0.478 e. The van der Waals surface area contributed by atoms with Crippen molar-refractivity contribution in [2.75, 3.05) is 26.0 Å². The Morgan fingerprint density at radius 1 is 1.02 bits per heavy atom. The Bertz CT molecular complexity index is 1550. The zero-order chi connectivity index (χ0) is 32.1. The normalized spacial score (nSPS) is 12.0. The summed E-state index contributed by atoms with van der Waals surface area (Å²) in [6.07, 6.45) is 1.44. The lowest BCUT2D eigenvalue weighted by molar-refractivity contribution is 0.0525. The number of hydrogen-bond donors (Lipinski definition) is 3. The van der Waals surface area contributed by atoms with E-state index in [1.807, 2.05) is 6.92 Å². The molecule has 0 aliphatic heterocycles. The fraction of sp³-hybridized carbons (Fsp3) is 0.419. The highest BCUT2D eigenvalue weighted by atomic mass is 16.6. The number of hydrogen-bond acceptors (Lipinski definition) is 7. The van der Waals surface area contributed by atoms with Gasteiger partial charge in [-0.2, -0.15) is 0 Å². The minimum atomic E-state index is -1.17. The number of carbonyl (C=O) groups excluding carboxylic acids is 4. The molecule has 43 heavy (non-hydrogen) atoms. The van der Waals surface area contributed by atoms with Gasteiger partial charge in [-0.3, -0.25) is 19.7 Å². The third-order valence-corrected chi connectivity index (χ3v) is 6.58. The lowest BCUT2D eigenvalue weighted by Gasteiger charge is -2.21. The van der Waals surface area contributed by atoms with Crippen LogP contribution in [-0.4, -0.2) is 75.5 Å². The second-order valence-corrected chi connectivity index (χ2v) is 11.6. The van der Waals surface area contributed by atoms with E-state index >= 15 is 0 Å². The maximum atomic E-state index is 13.3. The molecule has 1 unspecified atom stereocenters. The third kappa shape index (κ3) is 8.40. The van der Waals surface area contributed by atoms with E-state index in [2.05, 4.69) is 15.6 Å². The number of aromatic carboxylic acids is 1. The summed E-state index contributed by atoms with van der Waals surface area (Å²) in [6, 6.07) is 8.46. The number of carboxylic acids is 1. The number of ketones is 1. The van der Waals surface area contributed by atoms with Crippen molar-refractivity contribution in [1.82, 2.24) is 19.8 Å². The molecular weight excluding hydrogens is 554 g/mol. The molecule has 0 fully saturated rings. The summed E-state index contributed by atoms with van der Waals surface area (Å²) in [7, 11) is 3.21. The van der Waals surface area contributed by atoms with Crippen molar-refractivity contribution in [2.45, 2.75) is 65.5 Å². The summed E-state index contributed by atoms with van der Waals surface area (Å²) in [5.41, 5.74) is 0.847. The lowest BCUT2D eigenvalue weighted by Crippen LogP contribution is -2.33. The molecule has 2 aromatic carbocycles. The van der Waals surface area contributed by atoms with Gasteiger partial charge < -0.3 is 24.6 Å². The van der Waals surface area contributed by atoms with E-state index in [-0.39, 0.29) is 40.4 Å². The van der Waals surface area contributed by atoms with Crippen LogP contribution in [-0.2, 0) is 4.74 Å². The third-order valence-electron chi connectivity index (χ3n) is 6.58. The van der Waals surface area contributed by atoms with Crippen molar-refractivity contribution in [1.29, 1.82) is 0 Å². The quantitative estimate of drug-likeness (QED) is 0.203. The standard InChI is InChI=1S/C31H39N5O7/c1-18(11-8-9-14-32-30(42)43-31(3,4)5)36-25-23(27(39)35(6)7)16-22(19(2)37)17-24(25)33-29(36)34-26(38)20-12-10-13-21(15-20)28(40)41/h10,12-13,15-18H,8-9,11,14H2,1-7H3,(H,32,42)(H,40,41)(H,33,34,38). The fourth-order valence-electron chi connectivity index (χ4n) is 4.52. The van der Waals surface area contributed by atoms with Crippen LogP contribution in [0.4, 0.5) is 10.7 Å². The first-order chi connectivity index (χ1) is 20.1. The molecule has 0 saturated carbocycles. The average molecular weight is 594 g/mol. The number of benzene rings is 2. The molecule has 0 aliphatic rings. The summed E-state index contributed by atoms with van der Waals surface area (Å²) in [5, 5.41) is 14.9. The van der Waals surface area contributed by atoms with Crippen LogP contribution >= 0.6 is 0 Å². The van der Waals surface area contributed by atoms with E-state index in [1.54, 1.807) is 45.5 Å². The Hall–Kier alpha value is -4.74. The number of nitrogens with zero attached hydrogens (tertiary/aromatic N) is 3. The molecule has 0 radical (unpaired) electrons. The van der Waals surface area contributed by atoms with Gasteiger partial charge in [-0.25, -0.2) is 14.6 Å². The highest BCUT2D eigenvalue weighted by Crippen LogP contribution is 2.32. The number of amides is 3. The van der Waals surface area contributed by atoms with Crippen molar-refractivity contribution in [3.8, 4) is 0 Å². The van der Waals surface area contributed by atoms with E-state index in [0.29, 0.717) is 42.4 Å². The van der Waals surface area contributed by atoms with Gasteiger partial charge in [0, 0.05) is 37.8 Å². The average Bonchev–Trinajstić information content (AvgIpc) is 3.28. The number of anilines is 1. The second-order valence-electron chi connectivity index (χ2n) is 11.6. The van der Waals surface area contributed by atoms with E-state index in [0.717, 1.165) is 0 Å². The monoisotopic (exact) mass is 593 g/mol. The Morgan fingerprint density at radius 2 is 1.70 bits per heavy atom. The molecule has 0 aliphatic carbocycles. The van der Waals surface area contributed by atoms with E-state index in [4.69, 9.17) is 4.74 Å². The first-order valence-electron chi connectivity index (χ1n) is 14.0. The van der Waals surface area contributed by atoms with Crippen molar-refractivity contribution in [2.24, 2.45) is 0 Å². The molecule has 0 spiro atoms. The molecule has 0 saturated heterocycles. The van der Waals surface area contributed by atoms with Crippen LogP contribution in [0.1, 0.15) is 101 Å². The number of Topliss-reactive ketones (excluding diaryl/α,β-unsaturated/α-hetero) is 1. The number of fused-ring (bicyclic) bond motifs is 1. The van der Waals surface area contributed by atoms with Crippen LogP contribution in [0.3, 0.4) is 0 Å². The van der Waals surface area contributed by atoms with Gasteiger partial charge in [0.05, 0.1) is 22.2 Å². The number of nitrogens with one attached hydrogen (secondary N) is 2. The van der Waals surface area contributed by atoms with Gasteiger partial charge in [-0.15, -0.1) is 0 Å². The summed E-state index contributed by atoms with van der Waals surface area (Å²) < 4.78 is 7.03. The molecule has 12 heteroatoms. The number of ether oxygens (including phenoxy) is 1. The van der Waals surface area contributed by atoms with E-state index < -0.39 is 23.6 Å². The predicted octanol–water partition coefficient (Wildman–Crippen LogP) is 5.15. The Labute approximate surface area is 250 Å². The highest BCUT2D eigenvalue weighted by molar-refractivity contribution is 6.10. The predicted molar refractivity (Wildman–Crippen MR) is 162 cm³/mol. The first kappa shape index (κ1) is 32.8. The SMILES string of the molecule is CC(=O)c1cc(C(=O)N(C)C)c2c(c1)nc(NC(=O)c1cccc(C(=O)O)c1)n2C(C)CCCCNC(=O)OC(C)(C)C. The number of carboxylic acid groups (broad SMARTS) is 1. The molecule has 1 heterocycles. The van der Waals surface area contributed by atoms with Gasteiger partial charge in [0.25, 0.3) is 11.8 Å². The zero-order valence-corrected chi connectivity index (χ0v) is 25.6. The van der Waals surface area contributed by atoms with Gasteiger partial charge in [-0.05, 0) is 84.2 Å². The zero-order valence-electron chi connectivity index (χ0n) is 25.6. The minimum Gasteiger partial charge on any atom is -0.478 e. The molecule has 230 valence electrons. The van der Waals surface area contributed by atoms with Crippen LogP contribution in [0.2, 0.25) is 0 Å². The number of unbranched alkanes of at least 4 members (excludes halogenated alkanes) is 1. The topological polar surface area (TPSA) is 160 Å². The van der Waals surface area contributed by atoms with Gasteiger partial charge in [0.1, 0.15) is 5.60 Å². The molecule has 1 aromatic heterocycles.